The largest absolute Gasteiger partial charge is 0.456 e. The first-order chi connectivity index (χ1) is 26.8. The molecule has 4 aromatic heterocycles. The Hall–Kier alpha value is -7.44. The molecule has 7 aromatic carbocycles. The van der Waals surface area contributed by atoms with Gasteiger partial charge in [0.2, 0.25) is 0 Å². The zero-order valence-electron chi connectivity index (χ0n) is 28.9. The third-order valence-corrected chi connectivity index (χ3v) is 10.4. The van der Waals surface area contributed by atoms with Crippen LogP contribution in [0.15, 0.2) is 181 Å². The third-order valence-electron chi connectivity index (χ3n) is 10.4. The van der Waals surface area contributed by atoms with Gasteiger partial charge in [0.15, 0.2) is 17.5 Å². The monoisotopic (exact) mass is 691 g/mol. The molecule has 11 aromatic rings. The number of fused-ring (bicyclic) bond motifs is 7. The van der Waals surface area contributed by atoms with E-state index in [1.54, 1.807) is 6.20 Å². The number of furan rings is 1. The maximum atomic E-state index is 6.24. The summed E-state index contributed by atoms with van der Waals surface area (Å²) in [5.41, 5.74) is 9.95. The van der Waals surface area contributed by atoms with Crippen LogP contribution < -0.4 is 0 Å². The molecule has 6 nitrogen and oxygen atoms in total. The first kappa shape index (κ1) is 30.2. The molecule has 0 radical (unpaired) electrons. The molecular weight excluding hydrogens is 663 g/mol. The minimum absolute atomic E-state index is 0.608. The second-order valence-corrected chi connectivity index (χ2v) is 13.5. The Balaban J connectivity index is 1.11. The number of hydrogen-bond acceptors (Lipinski definition) is 5. The second-order valence-electron chi connectivity index (χ2n) is 13.5. The normalized spacial score (nSPS) is 11.7. The van der Waals surface area contributed by atoms with E-state index in [9.17, 15) is 0 Å². The van der Waals surface area contributed by atoms with Crippen LogP contribution in [0.1, 0.15) is 0 Å². The molecule has 4 heterocycles. The maximum absolute atomic E-state index is 6.24. The molecule has 6 heteroatoms. The van der Waals surface area contributed by atoms with Gasteiger partial charge in [-0.1, -0.05) is 121 Å². The number of para-hydroxylation sites is 2. The minimum Gasteiger partial charge on any atom is -0.456 e. The number of nitrogens with zero attached hydrogens (tertiary/aromatic N) is 5. The van der Waals surface area contributed by atoms with Crippen LogP contribution in [0.3, 0.4) is 0 Å². The van der Waals surface area contributed by atoms with Crippen molar-refractivity contribution in [2.75, 3.05) is 0 Å². The van der Waals surface area contributed by atoms with Crippen molar-refractivity contribution < 1.29 is 4.42 Å². The molecule has 0 amide bonds. The fourth-order valence-corrected chi connectivity index (χ4v) is 7.95. The Morgan fingerprint density at radius 3 is 1.80 bits per heavy atom. The molecule has 0 bridgehead atoms. The summed E-state index contributed by atoms with van der Waals surface area (Å²) >= 11 is 0. The lowest BCUT2D eigenvalue weighted by Crippen LogP contribution is -2.01. The highest BCUT2D eigenvalue weighted by molar-refractivity contribution is 6.16. The van der Waals surface area contributed by atoms with Crippen molar-refractivity contribution in [1.29, 1.82) is 0 Å². The van der Waals surface area contributed by atoms with Crippen LogP contribution in [0, 0.1) is 0 Å². The molecule has 0 atom stereocenters. The first-order valence-electron chi connectivity index (χ1n) is 18.0. The number of hydrogen-bond donors (Lipinski definition) is 0. The topological polar surface area (TPSA) is 69.6 Å². The van der Waals surface area contributed by atoms with E-state index in [2.05, 4.69) is 125 Å². The first-order valence-corrected chi connectivity index (χ1v) is 18.0. The number of pyridine rings is 1. The smallest absolute Gasteiger partial charge is 0.164 e. The van der Waals surface area contributed by atoms with Crippen LogP contribution in [0.2, 0.25) is 0 Å². The minimum atomic E-state index is 0.608. The predicted octanol–water partition coefficient (Wildman–Crippen LogP) is 12.1. The summed E-state index contributed by atoms with van der Waals surface area (Å²) in [5, 5.41) is 6.63. The van der Waals surface area contributed by atoms with Gasteiger partial charge < -0.3 is 8.98 Å². The Kier molecular flexibility index (Phi) is 6.75. The maximum Gasteiger partial charge on any atom is 0.164 e. The lowest BCUT2D eigenvalue weighted by Gasteiger charge is -2.14. The molecule has 0 N–H and O–H groups in total. The standard InChI is InChI=1S/C48H29N5O/c1-2-12-30(13-3-1)46-50-47(31-14-10-15-32(28-31)53-41-21-8-6-18-36(41)37-19-7-9-22-42(37)53)52-48(51-46)39-25-24-35(33-16-4-5-17-34(33)39)38-20-11-23-44-45(38)40-29-49-27-26-43(40)54-44/h1-29H. The summed E-state index contributed by atoms with van der Waals surface area (Å²) in [6, 6.07) is 56.7. The summed E-state index contributed by atoms with van der Waals surface area (Å²) in [6.45, 7) is 0. The van der Waals surface area contributed by atoms with E-state index < -0.39 is 0 Å². The van der Waals surface area contributed by atoms with Crippen LogP contribution in [0.4, 0.5) is 0 Å². The van der Waals surface area contributed by atoms with Gasteiger partial charge >= 0.3 is 0 Å². The van der Waals surface area contributed by atoms with Crippen molar-refractivity contribution in [3.8, 4) is 51.0 Å². The van der Waals surface area contributed by atoms with Crippen molar-refractivity contribution >= 4 is 54.5 Å². The summed E-state index contributed by atoms with van der Waals surface area (Å²) < 4.78 is 8.56. The molecule has 0 aliphatic rings. The third kappa shape index (κ3) is 4.74. The van der Waals surface area contributed by atoms with Crippen molar-refractivity contribution in [3.63, 3.8) is 0 Å². The van der Waals surface area contributed by atoms with Gasteiger partial charge in [0.05, 0.1) is 11.0 Å². The van der Waals surface area contributed by atoms with Gasteiger partial charge in [-0.25, -0.2) is 15.0 Å². The molecule has 0 spiro atoms. The van der Waals surface area contributed by atoms with Crippen LogP contribution >= 0.6 is 0 Å². The van der Waals surface area contributed by atoms with Gasteiger partial charge in [-0.05, 0) is 64.4 Å². The van der Waals surface area contributed by atoms with Crippen LogP contribution in [-0.2, 0) is 0 Å². The molecule has 0 aliphatic carbocycles. The van der Waals surface area contributed by atoms with Crippen LogP contribution in [-0.4, -0.2) is 24.5 Å². The number of aromatic nitrogens is 5. The van der Waals surface area contributed by atoms with Gasteiger partial charge in [0, 0.05) is 56.3 Å². The van der Waals surface area contributed by atoms with Crippen LogP contribution in [0.5, 0.6) is 0 Å². The van der Waals surface area contributed by atoms with E-state index >= 15 is 0 Å². The molecule has 0 fully saturated rings. The van der Waals surface area contributed by atoms with E-state index in [4.69, 9.17) is 19.4 Å². The Morgan fingerprint density at radius 2 is 1.02 bits per heavy atom. The van der Waals surface area contributed by atoms with Crippen molar-refractivity contribution in [1.82, 2.24) is 24.5 Å². The molecule has 0 aliphatic heterocycles. The van der Waals surface area contributed by atoms with Crippen LogP contribution in [0.25, 0.3) is 105 Å². The van der Waals surface area contributed by atoms with Gasteiger partial charge in [-0.2, -0.15) is 0 Å². The van der Waals surface area contributed by atoms with Gasteiger partial charge in [-0.15, -0.1) is 0 Å². The Labute approximate surface area is 309 Å². The van der Waals surface area contributed by atoms with E-state index in [1.165, 1.54) is 10.8 Å². The molecule has 0 saturated carbocycles. The molecule has 0 unspecified atom stereocenters. The van der Waals surface area contributed by atoms with Crippen molar-refractivity contribution in [2.45, 2.75) is 0 Å². The Bertz CT molecular complexity index is 3180. The highest BCUT2D eigenvalue weighted by atomic mass is 16.3. The molecule has 54 heavy (non-hydrogen) atoms. The number of rotatable bonds is 5. The zero-order chi connectivity index (χ0) is 35.6. The fourth-order valence-electron chi connectivity index (χ4n) is 7.95. The molecule has 11 rings (SSSR count). The van der Waals surface area contributed by atoms with Crippen molar-refractivity contribution in [3.05, 3.63) is 176 Å². The summed E-state index contributed by atoms with van der Waals surface area (Å²) in [4.78, 5) is 19.9. The molecule has 0 saturated heterocycles. The highest BCUT2D eigenvalue weighted by Gasteiger charge is 2.19. The van der Waals surface area contributed by atoms with E-state index in [1.807, 2.05) is 54.7 Å². The number of benzene rings is 7. The van der Waals surface area contributed by atoms with E-state index in [-0.39, 0.29) is 0 Å². The summed E-state index contributed by atoms with van der Waals surface area (Å²) in [6.07, 6.45) is 3.65. The highest BCUT2D eigenvalue weighted by Crippen LogP contribution is 2.41. The zero-order valence-corrected chi connectivity index (χ0v) is 28.9. The van der Waals surface area contributed by atoms with Crippen molar-refractivity contribution in [2.24, 2.45) is 0 Å². The fraction of sp³-hybridized carbons (Fsp3) is 0. The van der Waals surface area contributed by atoms with Gasteiger partial charge in [0.25, 0.3) is 0 Å². The Morgan fingerprint density at radius 1 is 0.407 bits per heavy atom. The average Bonchev–Trinajstić information content (AvgIpc) is 3.80. The van der Waals surface area contributed by atoms with E-state index in [0.717, 1.165) is 77.2 Å². The molecular formula is C48H29N5O. The SMILES string of the molecule is c1ccc(-c2nc(-c3cccc(-n4c5ccccc5c5ccccc54)c3)nc(-c3ccc(-c4cccc5oc6ccncc6c45)c4ccccc34)n2)cc1. The average molecular weight is 692 g/mol. The quantitative estimate of drug-likeness (QED) is 0.180. The summed E-state index contributed by atoms with van der Waals surface area (Å²) in [7, 11) is 0. The summed E-state index contributed by atoms with van der Waals surface area (Å²) in [5.74, 6) is 1.84. The second kappa shape index (κ2) is 12.1. The van der Waals surface area contributed by atoms with E-state index in [0.29, 0.717) is 17.5 Å². The lowest BCUT2D eigenvalue weighted by molar-refractivity contribution is 0.668. The van der Waals surface area contributed by atoms with Gasteiger partial charge in [-0.3, -0.25) is 4.98 Å². The molecule has 252 valence electrons. The predicted molar refractivity (Wildman–Crippen MR) is 218 cm³/mol. The van der Waals surface area contributed by atoms with Gasteiger partial charge in [0.1, 0.15) is 11.2 Å². The lowest BCUT2D eigenvalue weighted by atomic mass is 9.92.